The first kappa shape index (κ1) is 14.2. The van der Waals surface area contributed by atoms with E-state index in [0.29, 0.717) is 11.1 Å². The second-order valence-electron chi connectivity index (χ2n) is 4.11. The summed E-state index contributed by atoms with van der Waals surface area (Å²) < 4.78 is 23.4. The van der Waals surface area contributed by atoms with E-state index in [1.54, 1.807) is 38.1 Å². The van der Waals surface area contributed by atoms with Crippen molar-refractivity contribution in [3.8, 4) is 0 Å². The summed E-state index contributed by atoms with van der Waals surface area (Å²) in [6.07, 6.45) is 0. The fourth-order valence-corrected chi connectivity index (χ4v) is 2.41. The van der Waals surface area contributed by atoms with Crippen molar-refractivity contribution < 1.29 is 13.2 Å². The molecule has 0 spiro atoms. The van der Waals surface area contributed by atoms with E-state index in [9.17, 15) is 13.2 Å². The molecule has 0 fully saturated rings. The molecule has 0 aromatic heterocycles. The maximum Gasteiger partial charge on any atom is 0.177 e. The van der Waals surface area contributed by atoms with Crippen molar-refractivity contribution in [1.82, 2.24) is 0 Å². The third kappa shape index (κ3) is 3.82. The number of benzene rings is 1. The molecule has 94 valence electrons. The largest absolute Gasteiger partial charge is 0.293 e. The van der Waals surface area contributed by atoms with E-state index in [2.05, 4.69) is 0 Å². The van der Waals surface area contributed by atoms with Gasteiger partial charge in [0.15, 0.2) is 15.6 Å². The number of carbonyl (C=O) groups is 1. The van der Waals surface area contributed by atoms with Crippen LogP contribution in [0.2, 0.25) is 0 Å². The number of alkyl halides is 1. The Kier molecular flexibility index (Phi) is 4.71. The van der Waals surface area contributed by atoms with Gasteiger partial charge in [-0.1, -0.05) is 24.3 Å². The smallest absolute Gasteiger partial charge is 0.177 e. The number of ketones is 1. The Balaban J connectivity index is 2.86. The van der Waals surface area contributed by atoms with Crippen molar-refractivity contribution in [2.75, 3.05) is 5.88 Å². The first-order valence-corrected chi connectivity index (χ1v) is 7.51. The summed E-state index contributed by atoms with van der Waals surface area (Å²) in [4.78, 5) is 11.3. The highest BCUT2D eigenvalue weighted by atomic mass is 35.5. The average Bonchev–Trinajstić information content (AvgIpc) is 2.28. The number of halogens is 1. The van der Waals surface area contributed by atoms with Gasteiger partial charge in [0.1, 0.15) is 0 Å². The molecule has 0 saturated carbocycles. The van der Waals surface area contributed by atoms with Gasteiger partial charge in [0.2, 0.25) is 0 Å². The van der Waals surface area contributed by atoms with Crippen molar-refractivity contribution in [1.29, 1.82) is 0 Å². The molecule has 0 atom stereocenters. The zero-order valence-electron chi connectivity index (χ0n) is 9.81. The van der Waals surface area contributed by atoms with Gasteiger partial charge in [0.05, 0.1) is 16.9 Å². The average molecular weight is 275 g/mol. The predicted octanol–water partition coefficient (Wildman–Crippen LogP) is 2.43. The number of hydrogen-bond donors (Lipinski definition) is 0. The van der Waals surface area contributed by atoms with Crippen LogP contribution in [0.4, 0.5) is 0 Å². The summed E-state index contributed by atoms with van der Waals surface area (Å²) in [5, 5.41) is -0.397. The lowest BCUT2D eigenvalue weighted by Crippen LogP contribution is -2.16. The topological polar surface area (TPSA) is 51.2 Å². The Bertz CT molecular complexity index is 489. The van der Waals surface area contributed by atoms with Gasteiger partial charge in [0, 0.05) is 5.56 Å². The van der Waals surface area contributed by atoms with E-state index in [0.717, 1.165) is 0 Å². The normalized spacial score (nSPS) is 11.8. The molecule has 1 aromatic carbocycles. The third-order valence-electron chi connectivity index (χ3n) is 2.48. The molecule has 0 amide bonds. The van der Waals surface area contributed by atoms with Crippen LogP contribution < -0.4 is 0 Å². The quantitative estimate of drug-likeness (QED) is 0.612. The van der Waals surface area contributed by atoms with Crippen LogP contribution in [0.15, 0.2) is 24.3 Å². The highest BCUT2D eigenvalue weighted by molar-refractivity contribution is 7.91. The lowest BCUT2D eigenvalue weighted by molar-refractivity contribution is 0.102. The van der Waals surface area contributed by atoms with Gasteiger partial charge in [-0.2, -0.15) is 0 Å². The van der Waals surface area contributed by atoms with Crippen LogP contribution >= 0.6 is 11.6 Å². The fraction of sp³-hybridized carbons (Fsp3) is 0.417. The molecule has 0 heterocycles. The summed E-state index contributed by atoms with van der Waals surface area (Å²) in [6.45, 7) is 3.31. The van der Waals surface area contributed by atoms with Gasteiger partial charge in [-0.25, -0.2) is 8.42 Å². The third-order valence-corrected chi connectivity index (χ3v) is 4.90. The van der Waals surface area contributed by atoms with E-state index < -0.39 is 15.1 Å². The van der Waals surface area contributed by atoms with Crippen LogP contribution in [0.1, 0.15) is 29.8 Å². The Morgan fingerprint density at radius 3 is 2.18 bits per heavy atom. The maximum absolute atomic E-state index is 11.7. The molecule has 0 aliphatic carbocycles. The van der Waals surface area contributed by atoms with Crippen molar-refractivity contribution in [3.63, 3.8) is 0 Å². The van der Waals surface area contributed by atoms with Crippen molar-refractivity contribution in [2.45, 2.75) is 24.9 Å². The molecule has 0 aliphatic rings. The Labute approximate surface area is 107 Å². The molecule has 3 nitrogen and oxygen atoms in total. The van der Waals surface area contributed by atoms with Crippen LogP contribution in [-0.2, 0) is 15.6 Å². The zero-order chi connectivity index (χ0) is 13.1. The summed E-state index contributed by atoms with van der Waals surface area (Å²) >= 11 is 5.43. The standard InChI is InChI=1S/C12H15ClO3S/c1-9(2)17(15,16)8-10-3-5-11(6-4-10)12(14)7-13/h3-6,9H,7-8H2,1-2H3. The minimum absolute atomic E-state index is 0.0000120. The molecular weight excluding hydrogens is 260 g/mol. The second kappa shape index (κ2) is 5.65. The highest BCUT2D eigenvalue weighted by Gasteiger charge is 2.16. The lowest BCUT2D eigenvalue weighted by Gasteiger charge is -2.07. The van der Waals surface area contributed by atoms with Gasteiger partial charge in [-0.05, 0) is 19.4 Å². The maximum atomic E-state index is 11.7. The van der Waals surface area contributed by atoms with Crippen LogP contribution in [-0.4, -0.2) is 25.3 Å². The molecule has 0 N–H and O–H groups in total. The molecule has 0 aliphatic heterocycles. The molecule has 0 radical (unpaired) electrons. The van der Waals surface area contributed by atoms with Gasteiger partial charge in [-0.15, -0.1) is 11.6 Å². The number of Topliss-reactive ketones (excluding diaryl/α,β-unsaturated/α-hetero) is 1. The first-order valence-electron chi connectivity index (χ1n) is 5.26. The molecule has 0 bridgehead atoms. The lowest BCUT2D eigenvalue weighted by atomic mass is 10.1. The minimum Gasteiger partial charge on any atom is -0.293 e. The highest BCUT2D eigenvalue weighted by Crippen LogP contribution is 2.12. The van der Waals surface area contributed by atoms with Crippen molar-refractivity contribution in [2.24, 2.45) is 0 Å². The van der Waals surface area contributed by atoms with Crippen molar-refractivity contribution >= 4 is 27.2 Å². The number of carbonyl (C=O) groups excluding carboxylic acids is 1. The summed E-state index contributed by atoms with van der Waals surface area (Å²) in [6, 6.07) is 6.52. The molecule has 0 unspecified atom stereocenters. The second-order valence-corrected chi connectivity index (χ2v) is 6.93. The molecule has 0 saturated heterocycles. The van der Waals surface area contributed by atoms with Gasteiger partial charge >= 0.3 is 0 Å². The van der Waals surface area contributed by atoms with E-state index >= 15 is 0 Å². The van der Waals surface area contributed by atoms with Crippen LogP contribution in [0.5, 0.6) is 0 Å². The van der Waals surface area contributed by atoms with Crippen LogP contribution in [0.3, 0.4) is 0 Å². The summed E-state index contributed by atoms with van der Waals surface area (Å²) in [5.41, 5.74) is 1.19. The number of rotatable bonds is 5. The van der Waals surface area contributed by atoms with E-state index in [1.165, 1.54) is 0 Å². The first-order chi connectivity index (χ1) is 7.86. The number of hydrogen-bond acceptors (Lipinski definition) is 3. The van der Waals surface area contributed by atoms with Crippen LogP contribution in [0.25, 0.3) is 0 Å². The van der Waals surface area contributed by atoms with Gasteiger partial charge < -0.3 is 0 Å². The van der Waals surface area contributed by atoms with Crippen molar-refractivity contribution in [3.05, 3.63) is 35.4 Å². The molecular formula is C12H15ClO3S. The summed E-state index contributed by atoms with van der Waals surface area (Å²) in [7, 11) is -3.10. The zero-order valence-corrected chi connectivity index (χ0v) is 11.4. The van der Waals surface area contributed by atoms with Crippen LogP contribution in [0, 0.1) is 0 Å². The monoisotopic (exact) mass is 274 g/mol. The Hall–Kier alpha value is -0.870. The van der Waals surface area contributed by atoms with E-state index in [4.69, 9.17) is 11.6 Å². The molecule has 5 heteroatoms. The van der Waals surface area contributed by atoms with E-state index in [1.807, 2.05) is 0 Å². The molecule has 17 heavy (non-hydrogen) atoms. The van der Waals surface area contributed by atoms with Gasteiger partial charge in [0.25, 0.3) is 0 Å². The molecule has 1 aromatic rings. The SMILES string of the molecule is CC(C)S(=O)(=O)Cc1ccc(C(=O)CCl)cc1. The summed E-state index contributed by atoms with van der Waals surface area (Å²) in [5.74, 6) is -0.228. The van der Waals surface area contributed by atoms with Gasteiger partial charge in [-0.3, -0.25) is 4.79 Å². The predicted molar refractivity (Wildman–Crippen MR) is 69.3 cm³/mol. The Morgan fingerprint density at radius 1 is 1.24 bits per heavy atom. The number of sulfone groups is 1. The minimum atomic E-state index is -3.10. The Morgan fingerprint density at radius 2 is 1.76 bits per heavy atom. The fourth-order valence-electron chi connectivity index (χ4n) is 1.26. The van der Waals surface area contributed by atoms with E-state index in [-0.39, 0.29) is 17.4 Å². The molecule has 1 rings (SSSR count).